The Hall–Kier alpha value is -1.63. The van der Waals surface area contributed by atoms with Crippen molar-refractivity contribution in [3.63, 3.8) is 0 Å². The Bertz CT molecular complexity index is 421. The van der Waals surface area contributed by atoms with Gasteiger partial charge < -0.3 is 25.4 Å². The van der Waals surface area contributed by atoms with Crippen molar-refractivity contribution in [1.29, 1.82) is 0 Å². The van der Waals surface area contributed by atoms with E-state index < -0.39 is 12.2 Å². The van der Waals surface area contributed by atoms with Crippen LogP contribution in [0.25, 0.3) is 0 Å². The topological polar surface area (TPSA) is 99.0 Å². The summed E-state index contributed by atoms with van der Waals surface area (Å²) in [5, 5.41) is 31.9. The summed E-state index contributed by atoms with van der Waals surface area (Å²) >= 11 is 0. The molecular weight excluding hydrogens is 238 g/mol. The maximum absolute atomic E-state index is 10.9. The molecule has 0 aliphatic carbocycles. The molecule has 1 aromatic rings. The van der Waals surface area contributed by atoms with Crippen LogP contribution in [0.2, 0.25) is 0 Å². The van der Waals surface area contributed by atoms with Gasteiger partial charge in [-0.3, -0.25) is 4.79 Å². The van der Waals surface area contributed by atoms with E-state index in [4.69, 9.17) is 4.74 Å². The van der Waals surface area contributed by atoms with E-state index in [0.29, 0.717) is 6.29 Å². The second-order valence-corrected chi connectivity index (χ2v) is 3.84. The molecule has 0 radical (unpaired) electrons. The van der Waals surface area contributed by atoms with E-state index in [1.807, 2.05) is 0 Å². The van der Waals surface area contributed by atoms with Crippen LogP contribution in [0.15, 0.2) is 12.1 Å². The normalized spacial score (nSPS) is 14.0. The van der Waals surface area contributed by atoms with E-state index in [0.717, 1.165) is 0 Å². The van der Waals surface area contributed by atoms with Crippen molar-refractivity contribution in [2.75, 3.05) is 20.7 Å². The number of phenols is 1. The number of rotatable bonds is 6. The van der Waals surface area contributed by atoms with E-state index in [2.05, 4.69) is 5.32 Å². The van der Waals surface area contributed by atoms with Gasteiger partial charge in [-0.25, -0.2) is 0 Å². The number of aliphatic hydroxyl groups is 2. The summed E-state index contributed by atoms with van der Waals surface area (Å²) in [7, 11) is 2.99. The molecule has 0 aliphatic rings. The van der Waals surface area contributed by atoms with Crippen LogP contribution in [-0.2, 0) is 0 Å². The maximum atomic E-state index is 10.9. The third-order valence-corrected chi connectivity index (χ3v) is 2.61. The zero-order chi connectivity index (χ0) is 13.7. The smallest absolute Gasteiger partial charge is 0.160 e. The summed E-state index contributed by atoms with van der Waals surface area (Å²) in [6, 6.07) is 2.53. The van der Waals surface area contributed by atoms with Crippen LogP contribution in [0, 0.1) is 0 Å². The quantitative estimate of drug-likeness (QED) is 0.527. The molecule has 0 saturated carbocycles. The molecule has 0 heterocycles. The molecule has 100 valence electrons. The summed E-state index contributed by atoms with van der Waals surface area (Å²) < 4.78 is 4.90. The van der Waals surface area contributed by atoms with Gasteiger partial charge in [0.2, 0.25) is 0 Å². The third kappa shape index (κ3) is 2.98. The van der Waals surface area contributed by atoms with Crippen molar-refractivity contribution < 1.29 is 24.9 Å². The molecule has 0 amide bonds. The fraction of sp³-hybridized carbons (Fsp3) is 0.417. The average Bonchev–Trinajstić information content (AvgIpc) is 2.37. The second kappa shape index (κ2) is 6.34. The molecular formula is C12H17NO5. The lowest BCUT2D eigenvalue weighted by Gasteiger charge is -2.20. The molecule has 1 aromatic carbocycles. The number of aldehydes is 1. The Balaban J connectivity index is 3.16. The predicted molar refractivity (Wildman–Crippen MR) is 64.9 cm³/mol. The van der Waals surface area contributed by atoms with Crippen molar-refractivity contribution >= 4 is 6.29 Å². The van der Waals surface area contributed by atoms with Gasteiger partial charge in [0, 0.05) is 12.1 Å². The Morgan fingerprint density at radius 1 is 1.44 bits per heavy atom. The summed E-state index contributed by atoms with van der Waals surface area (Å²) in [5.41, 5.74) is 0.318. The van der Waals surface area contributed by atoms with Gasteiger partial charge >= 0.3 is 0 Å². The summed E-state index contributed by atoms with van der Waals surface area (Å²) in [6.45, 7) is 0.169. The van der Waals surface area contributed by atoms with Crippen molar-refractivity contribution in [3.05, 3.63) is 23.3 Å². The van der Waals surface area contributed by atoms with Gasteiger partial charge in [-0.05, 0) is 24.7 Å². The van der Waals surface area contributed by atoms with E-state index in [1.165, 1.54) is 19.2 Å². The highest BCUT2D eigenvalue weighted by Gasteiger charge is 2.22. The van der Waals surface area contributed by atoms with Gasteiger partial charge in [0.15, 0.2) is 17.8 Å². The van der Waals surface area contributed by atoms with Crippen LogP contribution in [0.5, 0.6) is 11.5 Å². The largest absolute Gasteiger partial charge is 0.504 e. The number of carbonyl (C=O) groups is 1. The second-order valence-electron chi connectivity index (χ2n) is 3.84. The first-order valence-electron chi connectivity index (χ1n) is 5.42. The molecule has 0 spiro atoms. The highest BCUT2D eigenvalue weighted by atomic mass is 16.5. The van der Waals surface area contributed by atoms with E-state index in [1.54, 1.807) is 7.05 Å². The van der Waals surface area contributed by atoms with Crippen molar-refractivity contribution in [1.82, 2.24) is 5.32 Å². The molecule has 6 nitrogen and oxygen atoms in total. The number of methoxy groups -OCH3 is 1. The van der Waals surface area contributed by atoms with E-state index in [-0.39, 0.29) is 29.2 Å². The molecule has 6 heteroatoms. The number of carbonyl (C=O) groups excluding carboxylic acids is 1. The number of aliphatic hydroxyl groups excluding tert-OH is 2. The minimum atomic E-state index is -1.24. The number of ether oxygens (including phenoxy) is 1. The summed E-state index contributed by atoms with van der Waals surface area (Å²) in [4.78, 5) is 10.9. The van der Waals surface area contributed by atoms with Gasteiger partial charge in [0.25, 0.3) is 0 Å². The first kappa shape index (κ1) is 14.4. The van der Waals surface area contributed by atoms with Crippen molar-refractivity contribution in [3.8, 4) is 11.5 Å². The van der Waals surface area contributed by atoms with Crippen LogP contribution < -0.4 is 10.1 Å². The third-order valence-electron chi connectivity index (χ3n) is 2.61. The Morgan fingerprint density at radius 3 is 2.61 bits per heavy atom. The number of phenolic OH excluding ortho intramolecular Hbond substituents is 1. The minimum absolute atomic E-state index is 0.107. The number of hydrogen-bond donors (Lipinski definition) is 4. The standard InChI is InChI=1S/C12H17NO5/c1-13-5-10(16)12(17)8-4-11(18-2)9(15)3-7(8)6-14/h3-4,6,10,12-13,15-17H,5H2,1-2H3. The number of aromatic hydroxyl groups is 1. The van der Waals surface area contributed by atoms with Crippen LogP contribution in [0.3, 0.4) is 0 Å². The fourth-order valence-electron chi connectivity index (χ4n) is 1.65. The number of hydrogen-bond acceptors (Lipinski definition) is 6. The fourth-order valence-corrected chi connectivity index (χ4v) is 1.65. The zero-order valence-corrected chi connectivity index (χ0v) is 10.3. The van der Waals surface area contributed by atoms with Gasteiger partial charge in [-0.15, -0.1) is 0 Å². The molecule has 4 N–H and O–H groups in total. The average molecular weight is 255 g/mol. The maximum Gasteiger partial charge on any atom is 0.160 e. The monoisotopic (exact) mass is 255 g/mol. The molecule has 2 atom stereocenters. The summed E-state index contributed by atoms with van der Waals surface area (Å²) in [5.74, 6) is -0.0648. The van der Waals surface area contributed by atoms with Crippen molar-refractivity contribution in [2.24, 2.45) is 0 Å². The number of likely N-dealkylation sites (N-methyl/N-ethyl adjacent to an activating group) is 1. The number of benzene rings is 1. The van der Waals surface area contributed by atoms with E-state index in [9.17, 15) is 20.1 Å². The Labute approximate surface area is 105 Å². The molecule has 18 heavy (non-hydrogen) atoms. The van der Waals surface area contributed by atoms with Crippen molar-refractivity contribution in [2.45, 2.75) is 12.2 Å². The molecule has 0 saturated heterocycles. The van der Waals surface area contributed by atoms with Gasteiger partial charge in [-0.2, -0.15) is 0 Å². The molecule has 0 fully saturated rings. The van der Waals surface area contributed by atoms with Gasteiger partial charge in [0.05, 0.1) is 13.2 Å². The van der Waals surface area contributed by atoms with Crippen LogP contribution in [-0.4, -0.2) is 48.4 Å². The van der Waals surface area contributed by atoms with Crippen LogP contribution in [0.1, 0.15) is 22.0 Å². The first-order chi connectivity index (χ1) is 8.54. The summed E-state index contributed by atoms with van der Waals surface area (Å²) in [6.07, 6.45) is -1.81. The molecule has 1 rings (SSSR count). The van der Waals surface area contributed by atoms with Gasteiger partial charge in [0.1, 0.15) is 6.10 Å². The molecule has 0 bridgehead atoms. The lowest BCUT2D eigenvalue weighted by Crippen LogP contribution is -2.30. The highest BCUT2D eigenvalue weighted by molar-refractivity contribution is 5.79. The molecule has 2 unspecified atom stereocenters. The van der Waals surface area contributed by atoms with Crippen LogP contribution in [0.4, 0.5) is 0 Å². The minimum Gasteiger partial charge on any atom is -0.504 e. The zero-order valence-electron chi connectivity index (χ0n) is 10.3. The van der Waals surface area contributed by atoms with Crippen LogP contribution >= 0.6 is 0 Å². The Kier molecular flexibility index (Phi) is 5.08. The first-order valence-corrected chi connectivity index (χ1v) is 5.42. The lowest BCUT2D eigenvalue weighted by atomic mass is 9.98. The lowest BCUT2D eigenvalue weighted by molar-refractivity contribution is 0.0197. The number of nitrogens with one attached hydrogen (secondary N) is 1. The molecule has 0 aromatic heterocycles. The van der Waals surface area contributed by atoms with Gasteiger partial charge in [-0.1, -0.05) is 0 Å². The predicted octanol–water partition coefficient (Wildman–Crippen LogP) is -0.173. The Morgan fingerprint density at radius 2 is 2.11 bits per heavy atom. The highest BCUT2D eigenvalue weighted by Crippen LogP contribution is 2.32. The SMILES string of the molecule is CNCC(O)C(O)c1cc(OC)c(O)cc1C=O. The van der Waals surface area contributed by atoms with E-state index >= 15 is 0 Å². The molecule has 0 aliphatic heterocycles.